The number of carbonyl (C=O) groups is 1. The second kappa shape index (κ2) is 3.88. The molecule has 1 rings (SSSR count). The van der Waals surface area contributed by atoms with Crippen molar-refractivity contribution in [1.82, 2.24) is 4.90 Å². The van der Waals surface area contributed by atoms with E-state index in [4.69, 9.17) is 4.74 Å². The standard InChI is InChI=1S/C9H17NO3S/c1-7-5-10(6-14(7)12)8(11)13-9(2,3)4/h7H,5-6H2,1-4H3. The molecule has 1 fully saturated rings. The molecule has 1 aliphatic rings. The van der Waals surface area contributed by atoms with Crippen molar-refractivity contribution in [3.05, 3.63) is 0 Å². The summed E-state index contributed by atoms with van der Waals surface area (Å²) in [6.07, 6.45) is -0.366. The van der Waals surface area contributed by atoms with Gasteiger partial charge < -0.3 is 4.74 Å². The van der Waals surface area contributed by atoms with E-state index >= 15 is 0 Å². The Morgan fingerprint density at radius 1 is 1.50 bits per heavy atom. The summed E-state index contributed by atoms with van der Waals surface area (Å²) >= 11 is 0. The summed E-state index contributed by atoms with van der Waals surface area (Å²) in [5, 5.41) is 0.0579. The van der Waals surface area contributed by atoms with Crippen molar-refractivity contribution in [1.29, 1.82) is 0 Å². The van der Waals surface area contributed by atoms with Crippen molar-refractivity contribution in [2.75, 3.05) is 12.4 Å². The normalized spacial score (nSPS) is 27.9. The lowest BCUT2D eigenvalue weighted by Gasteiger charge is -2.23. The van der Waals surface area contributed by atoms with Crippen molar-refractivity contribution in [3.63, 3.8) is 0 Å². The minimum absolute atomic E-state index is 0.0579. The van der Waals surface area contributed by atoms with E-state index in [1.807, 2.05) is 27.7 Å². The van der Waals surface area contributed by atoms with Crippen molar-refractivity contribution in [2.45, 2.75) is 38.5 Å². The SMILES string of the molecule is CC1CN(C(=O)OC(C)(C)C)CS1=O. The van der Waals surface area contributed by atoms with Gasteiger partial charge in [-0.3, -0.25) is 9.11 Å². The van der Waals surface area contributed by atoms with Crippen LogP contribution in [0.25, 0.3) is 0 Å². The highest BCUT2D eigenvalue weighted by Gasteiger charge is 2.32. The lowest BCUT2D eigenvalue weighted by Crippen LogP contribution is -2.35. The molecule has 0 aliphatic carbocycles. The van der Waals surface area contributed by atoms with Crippen LogP contribution < -0.4 is 0 Å². The Morgan fingerprint density at radius 3 is 2.43 bits per heavy atom. The molecular formula is C9H17NO3S. The fourth-order valence-electron chi connectivity index (χ4n) is 1.18. The molecule has 1 heterocycles. The van der Waals surface area contributed by atoms with E-state index in [9.17, 15) is 9.00 Å². The van der Waals surface area contributed by atoms with Crippen LogP contribution in [0.15, 0.2) is 0 Å². The molecule has 0 N–H and O–H groups in total. The van der Waals surface area contributed by atoms with Gasteiger partial charge in [0.1, 0.15) is 11.5 Å². The molecule has 2 atom stereocenters. The molecule has 5 heteroatoms. The summed E-state index contributed by atoms with van der Waals surface area (Å²) in [6.45, 7) is 7.87. The second-order valence-corrected chi connectivity index (χ2v) is 6.35. The molecule has 0 aromatic rings. The van der Waals surface area contributed by atoms with Crippen LogP contribution >= 0.6 is 0 Å². The molecule has 14 heavy (non-hydrogen) atoms. The predicted octanol–water partition coefficient (Wildman–Crippen LogP) is 1.33. The Balaban J connectivity index is 2.52. The summed E-state index contributed by atoms with van der Waals surface area (Å²) in [4.78, 5) is 13.0. The van der Waals surface area contributed by atoms with Gasteiger partial charge in [0, 0.05) is 17.3 Å². The molecule has 2 unspecified atom stereocenters. The molecule has 0 aromatic heterocycles. The van der Waals surface area contributed by atoms with Crippen LogP contribution in [0.2, 0.25) is 0 Å². The maximum absolute atomic E-state index is 11.5. The van der Waals surface area contributed by atoms with E-state index in [1.165, 1.54) is 4.90 Å². The fraction of sp³-hybridized carbons (Fsp3) is 0.889. The lowest BCUT2D eigenvalue weighted by molar-refractivity contribution is 0.0301. The zero-order valence-corrected chi connectivity index (χ0v) is 9.89. The average Bonchev–Trinajstić information content (AvgIpc) is 2.28. The molecule has 0 bridgehead atoms. The highest BCUT2D eigenvalue weighted by atomic mass is 32.2. The minimum atomic E-state index is -0.922. The van der Waals surface area contributed by atoms with Gasteiger partial charge in [-0.2, -0.15) is 0 Å². The van der Waals surface area contributed by atoms with Crippen LogP contribution in [0.5, 0.6) is 0 Å². The van der Waals surface area contributed by atoms with E-state index < -0.39 is 16.4 Å². The van der Waals surface area contributed by atoms with Gasteiger partial charge in [0.05, 0.1) is 5.25 Å². The predicted molar refractivity (Wildman–Crippen MR) is 55.4 cm³/mol. The third-order valence-electron chi connectivity index (χ3n) is 1.86. The Labute approximate surface area is 87.1 Å². The first kappa shape index (κ1) is 11.5. The number of rotatable bonds is 0. The summed E-state index contributed by atoms with van der Waals surface area (Å²) < 4.78 is 16.5. The van der Waals surface area contributed by atoms with Crippen LogP contribution in [-0.4, -0.2) is 38.5 Å². The third-order valence-corrected chi connectivity index (χ3v) is 3.47. The zero-order valence-electron chi connectivity index (χ0n) is 9.07. The van der Waals surface area contributed by atoms with Crippen molar-refractivity contribution >= 4 is 16.9 Å². The maximum Gasteiger partial charge on any atom is 0.411 e. The molecule has 0 aromatic carbocycles. The number of ether oxygens (including phenoxy) is 1. The molecule has 4 nitrogen and oxygen atoms in total. The molecule has 1 aliphatic heterocycles. The second-order valence-electron chi connectivity index (χ2n) is 4.52. The topological polar surface area (TPSA) is 46.6 Å². The molecular weight excluding hydrogens is 202 g/mol. The van der Waals surface area contributed by atoms with E-state index in [-0.39, 0.29) is 11.3 Å². The van der Waals surface area contributed by atoms with Gasteiger partial charge in [-0.25, -0.2) is 4.79 Å². The van der Waals surface area contributed by atoms with Gasteiger partial charge in [-0.15, -0.1) is 0 Å². The number of nitrogens with zero attached hydrogens (tertiary/aromatic N) is 1. The van der Waals surface area contributed by atoms with Crippen LogP contribution in [0, 0.1) is 0 Å². The van der Waals surface area contributed by atoms with Crippen LogP contribution in [0.1, 0.15) is 27.7 Å². The fourth-order valence-corrected chi connectivity index (χ4v) is 2.30. The Bertz CT molecular complexity index is 259. The smallest absolute Gasteiger partial charge is 0.411 e. The molecule has 0 radical (unpaired) electrons. The quantitative estimate of drug-likeness (QED) is 0.617. The largest absolute Gasteiger partial charge is 0.444 e. The first-order valence-corrected chi connectivity index (χ1v) is 6.03. The Morgan fingerprint density at radius 2 is 2.07 bits per heavy atom. The van der Waals surface area contributed by atoms with Crippen molar-refractivity contribution < 1.29 is 13.7 Å². The molecule has 1 amide bonds. The summed E-state index contributed by atoms with van der Waals surface area (Å²) in [7, 11) is -0.922. The number of carbonyl (C=O) groups excluding carboxylic acids is 1. The molecule has 0 saturated carbocycles. The van der Waals surface area contributed by atoms with Crippen LogP contribution in [0.3, 0.4) is 0 Å². The highest BCUT2D eigenvalue weighted by molar-refractivity contribution is 7.85. The van der Waals surface area contributed by atoms with Gasteiger partial charge in [0.25, 0.3) is 0 Å². The first-order valence-electron chi connectivity index (χ1n) is 4.65. The lowest BCUT2D eigenvalue weighted by atomic mass is 10.2. The van der Waals surface area contributed by atoms with Crippen molar-refractivity contribution in [3.8, 4) is 0 Å². The van der Waals surface area contributed by atoms with Crippen LogP contribution in [0.4, 0.5) is 4.79 Å². The molecule has 82 valence electrons. The van der Waals surface area contributed by atoms with Crippen LogP contribution in [-0.2, 0) is 15.5 Å². The monoisotopic (exact) mass is 219 g/mol. The Kier molecular flexibility index (Phi) is 3.19. The Hall–Kier alpha value is -0.580. The van der Waals surface area contributed by atoms with E-state index in [2.05, 4.69) is 0 Å². The van der Waals surface area contributed by atoms with E-state index in [0.717, 1.165) is 0 Å². The van der Waals surface area contributed by atoms with Crippen molar-refractivity contribution in [2.24, 2.45) is 0 Å². The first-order chi connectivity index (χ1) is 6.29. The van der Waals surface area contributed by atoms with Gasteiger partial charge in [-0.1, -0.05) is 0 Å². The maximum atomic E-state index is 11.5. The number of hydrogen-bond acceptors (Lipinski definition) is 3. The van der Waals surface area contributed by atoms with Gasteiger partial charge in [-0.05, 0) is 27.7 Å². The van der Waals surface area contributed by atoms with E-state index in [1.54, 1.807) is 0 Å². The number of hydrogen-bond donors (Lipinski definition) is 0. The highest BCUT2D eigenvalue weighted by Crippen LogP contribution is 2.16. The third kappa shape index (κ3) is 2.97. The molecule has 1 saturated heterocycles. The summed E-state index contributed by atoms with van der Waals surface area (Å²) in [6, 6.07) is 0. The molecule has 0 spiro atoms. The van der Waals surface area contributed by atoms with Gasteiger partial charge in [0.2, 0.25) is 0 Å². The summed E-state index contributed by atoms with van der Waals surface area (Å²) in [5.74, 6) is 0.302. The average molecular weight is 219 g/mol. The number of amides is 1. The summed E-state index contributed by atoms with van der Waals surface area (Å²) in [5.41, 5.74) is -0.482. The van der Waals surface area contributed by atoms with Gasteiger partial charge >= 0.3 is 6.09 Å². The minimum Gasteiger partial charge on any atom is -0.444 e. The zero-order chi connectivity index (χ0) is 10.9. The van der Waals surface area contributed by atoms with E-state index in [0.29, 0.717) is 12.4 Å². The van der Waals surface area contributed by atoms with Gasteiger partial charge in [0.15, 0.2) is 0 Å².